The van der Waals surface area contributed by atoms with Gasteiger partial charge in [0.25, 0.3) is 0 Å². The van der Waals surface area contributed by atoms with Gasteiger partial charge in [0.1, 0.15) is 5.69 Å². The van der Waals surface area contributed by atoms with Gasteiger partial charge in [-0.3, -0.25) is 4.98 Å². The summed E-state index contributed by atoms with van der Waals surface area (Å²) >= 11 is 6.92. The number of aryl methyl sites for hydroxylation is 2. The van der Waals surface area contributed by atoms with Crippen molar-refractivity contribution in [3.05, 3.63) is 38.2 Å². The Kier molecular flexibility index (Phi) is 5.84. The molecular formula is C15H18Br2N4. The summed E-state index contributed by atoms with van der Waals surface area (Å²) in [6.07, 6.45) is 2.87. The van der Waals surface area contributed by atoms with Crippen LogP contribution in [-0.4, -0.2) is 21.5 Å². The number of halogens is 2. The topological polar surface area (TPSA) is 50.7 Å². The zero-order valence-electron chi connectivity index (χ0n) is 12.4. The molecule has 6 heteroatoms. The van der Waals surface area contributed by atoms with E-state index in [-0.39, 0.29) is 0 Å². The first-order chi connectivity index (χ1) is 10.0. The minimum atomic E-state index is 0.656. The van der Waals surface area contributed by atoms with E-state index in [1.807, 2.05) is 19.9 Å². The summed E-state index contributed by atoms with van der Waals surface area (Å²) < 4.78 is 1.81. The normalized spacial score (nSPS) is 10.9. The summed E-state index contributed by atoms with van der Waals surface area (Å²) in [5.74, 6) is 0.656. The summed E-state index contributed by atoms with van der Waals surface area (Å²) in [7, 11) is 0. The lowest BCUT2D eigenvalue weighted by molar-refractivity contribution is 0.665. The van der Waals surface area contributed by atoms with Gasteiger partial charge in [0.05, 0.1) is 0 Å². The van der Waals surface area contributed by atoms with Crippen LogP contribution in [-0.2, 0) is 6.54 Å². The lowest BCUT2D eigenvalue weighted by Crippen LogP contribution is -2.17. The molecule has 2 aromatic rings. The highest BCUT2D eigenvalue weighted by atomic mass is 79.9. The molecule has 0 saturated heterocycles. The van der Waals surface area contributed by atoms with Gasteiger partial charge in [0.2, 0.25) is 0 Å². The molecule has 0 atom stereocenters. The van der Waals surface area contributed by atoms with Crippen LogP contribution in [0.3, 0.4) is 0 Å². The van der Waals surface area contributed by atoms with Crippen LogP contribution in [0.5, 0.6) is 0 Å². The Morgan fingerprint density at radius 3 is 2.38 bits per heavy atom. The molecule has 0 aliphatic carbocycles. The summed E-state index contributed by atoms with van der Waals surface area (Å²) in [5, 5.41) is 3.40. The molecule has 112 valence electrons. The van der Waals surface area contributed by atoms with E-state index in [1.54, 1.807) is 6.20 Å². The van der Waals surface area contributed by atoms with Crippen molar-refractivity contribution in [1.29, 1.82) is 0 Å². The molecule has 0 aliphatic heterocycles. The fourth-order valence-corrected chi connectivity index (χ4v) is 3.24. The average Bonchev–Trinajstić information content (AvgIpc) is 2.41. The maximum Gasteiger partial charge on any atom is 0.179 e. The second-order valence-electron chi connectivity index (χ2n) is 4.86. The van der Waals surface area contributed by atoms with Crippen molar-refractivity contribution < 1.29 is 0 Å². The molecule has 0 radical (unpaired) electrons. The second-order valence-corrected chi connectivity index (χ2v) is 6.63. The van der Waals surface area contributed by atoms with E-state index in [0.717, 1.165) is 45.5 Å². The van der Waals surface area contributed by atoms with Gasteiger partial charge in [-0.05, 0) is 64.7 Å². The van der Waals surface area contributed by atoms with Crippen molar-refractivity contribution in [2.24, 2.45) is 0 Å². The molecule has 0 fully saturated rings. The molecule has 2 aromatic heterocycles. The predicted octanol–water partition coefficient (Wildman–Crippen LogP) is 4.18. The Hall–Kier alpha value is -0.850. The summed E-state index contributed by atoms with van der Waals surface area (Å²) in [5.41, 5.74) is 3.92. The molecule has 0 aliphatic rings. The Morgan fingerprint density at radius 2 is 1.81 bits per heavy atom. The van der Waals surface area contributed by atoms with Gasteiger partial charge in [-0.25, -0.2) is 9.97 Å². The standard InChI is InChI=1S/C15H18Br2N4/c1-4-5-18-8-12-9(2)20-15(21-10(12)3)14-13(17)6-11(16)7-19-14/h6-7,18H,4-5,8H2,1-3H3. The van der Waals surface area contributed by atoms with Crippen LogP contribution < -0.4 is 5.32 Å². The lowest BCUT2D eigenvalue weighted by atomic mass is 10.1. The molecule has 0 amide bonds. The fourth-order valence-electron chi connectivity index (χ4n) is 2.07. The maximum atomic E-state index is 4.61. The van der Waals surface area contributed by atoms with Crippen LogP contribution in [0.15, 0.2) is 21.2 Å². The molecule has 2 rings (SSSR count). The number of aromatic nitrogens is 3. The number of nitrogens with one attached hydrogen (secondary N) is 1. The Balaban J connectivity index is 2.35. The van der Waals surface area contributed by atoms with Crippen LogP contribution in [0.1, 0.15) is 30.3 Å². The summed E-state index contributed by atoms with van der Waals surface area (Å²) in [4.78, 5) is 13.6. The SMILES string of the molecule is CCCNCc1c(C)nc(-c2ncc(Br)cc2Br)nc1C. The van der Waals surface area contributed by atoms with E-state index in [4.69, 9.17) is 0 Å². The van der Waals surface area contributed by atoms with Crippen molar-refractivity contribution in [2.75, 3.05) is 6.54 Å². The molecule has 0 aromatic carbocycles. The van der Waals surface area contributed by atoms with E-state index in [9.17, 15) is 0 Å². The molecule has 4 nitrogen and oxygen atoms in total. The predicted molar refractivity (Wildman–Crippen MR) is 92.1 cm³/mol. The van der Waals surface area contributed by atoms with Crippen molar-refractivity contribution in [1.82, 2.24) is 20.3 Å². The first-order valence-corrected chi connectivity index (χ1v) is 8.47. The maximum absolute atomic E-state index is 4.61. The van der Waals surface area contributed by atoms with Crippen molar-refractivity contribution in [2.45, 2.75) is 33.7 Å². The minimum absolute atomic E-state index is 0.656. The first kappa shape index (κ1) is 16.5. The first-order valence-electron chi connectivity index (χ1n) is 6.89. The van der Waals surface area contributed by atoms with E-state index in [2.05, 4.69) is 59.1 Å². The summed E-state index contributed by atoms with van der Waals surface area (Å²) in [6.45, 7) is 8.01. The Labute approximate surface area is 142 Å². The minimum Gasteiger partial charge on any atom is -0.313 e. The highest BCUT2D eigenvalue weighted by molar-refractivity contribution is 9.11. The lowest BCUT2D eigenvalue weighted by Gasteiger charge is -2.12. The zero-order valence-corrected chi connectivity index (χ0v) is 15.5. The molecule has 0 bridgehead atoms. The fraction of sp³-hybridized carbons (Fsp3) is 0.400. The molecule has 0 unspecified atom stereocenters. The Bertz CT molecular complexity index is 621. The average molecular weight is 414 g/mol. The van der Waals surface area contributed by atoms with Gasteiger partial charge in [0.15, 0.2) is 5.82 Å². The van der Waals surface area contributed by atoms with Crippen LogP contribution in [0.25, 0.3) is 11.5 Å². The molecule has 2 heterocycles. The van der Waals surface area contributed by atoms with Crippen molar-refractivity contribution >= 4 is 31.9 Å². The van der Waals surface area contributed by atoms with Crippen LogP contribution >= 0.6 is 31.9 Å². The number of rotatable bonds is 5. The van der Waals surface area contributed by atoms with Gasteiger partial charge in [-0.1, -0.05) is 6.92 Å². The molecule has 0 spiro atoms. The van der Waals surface area contributed by atoms with Gasteiger partial charge < -0.3 is 5.32 Å². The molecule has 1 N–H and O–H groups in total. The monoisotopic (exact) mass is 412 g/mol. The van der Waals surface area contributed by atoms with Crippen LogP contribution in [0.2, 0.25) is 0 Å². The second kappa shape index (κ2) is 7.42. The zero-order chi connectivity index (χ0) is 15.4. The third-order valence-electron chi connectivity index (χ3n) is 3.17. The summed E-state index contributed by atoms with van der Waals surface area (Å²) in [6, 6.07) is 1.95. The van der Waals surface area contributed by atoms with E-state index < -0.39 is 0 Å². The number of hydrogen-bond acceptors (Lipinski definition) is 4. The Morgan fingerprint density at radius 1 is 1.14 bits per heavy atom. The van der Waals surface area contributed by atoms with E-state index in [0.29, 0.717) is 5.82 Å². The molecular weight excluding hydrogens is 396 g/mol. The van der Waals surface area contributed by atoms with Crippen molar-refractivity contribution in [3.63, 3.8) is 0 Å². The van der Waals surface area contributed by atoms with E-state index >= 15 is 0 Å². The third kappa shape index (κ3) is 4.08. The molecule has 21 heavy (non-hydrogen) atoms. The smallest absolute Gasteiger partial charge is 0.179 e. The van der Waals surface area contributed by atoms with Gasteiger partial charge in [-0.2, -0.15) is 0 Å². The highest BCUT2D eigenvalue weighted by Crippen LogP contribution is 2.27. The number of hydrogen-bond donors (Lipinski definition) is 1. The van der Waals surface area contributed by atoms with Crippen LogP contribution in [0.4, 0.5) is 0 Å². The van der Waals surface area contributed by atoms with E-state index in [1.165, 1.54) is 5.56 Å². The van der Waals surface area contributed by atoms with Gasteiger partial charge in [-0.15, -0.1) is 0 Å². The quantitative estimate of drug-likeness (QED) is 0.747. The van der Waals surface area contributed by atoms with Gasteiger partial charge in [0, 0.05) is 38.6 Å². The molecule has 0 saturated carbocycles. The largest absolute Gasteiger partial charge is 0.313 e. The van der Waals surface area contributed by atoms with Gasteiger partial charge >= 0.3 is 0 Å². The highest BCUT2D eigenvalue weighted by Gasteiger charge is 2.13. The number of pyridine rings is 1. The van der Waals surface area contributed by atoms with Crippen molar-refractivity contribution in [3.8, 4) is 11.5 Å². The van der Waals surface area contributed by atoms with Crippen LogP contribution in [0, 0.1) is 13.8 Å². The third-order valence-corrected chi connectivity index (χ3v) is 4.21. The number of nitrogens with zero attached hydrogens (tertiary/aromatic N) is 3.